The van der Waals surface area contributed by atoms with Gasteiger partial charge in [-0.3, -0.25) is 0 Å². The lowest BCUT2D eigenvalue weighted by atomic mass is 9.96. The second kappa shape index (κ2) is 5.58. The van der Waals surface area contributed by atoms with E-state index in [0.717, 1.165) is 32.1 Å². The Morgan fingerprint density at radius 2 is 1.43 bits per heavy atom. The third-order valence-corrected chi connectivity index (χ3v) is 3.90. The number of hydrogen-bond donors (Lipinski definition) is 0. The van der Waals surface area contributed by atoms with Gasteiger partial charge < -0.3 is 4.74 Å². The summed E-state index contributed by atoms with van der Waals surface area (Å²) in [4.78, 5) is 11.4. The molecule has 21 heavy (non-hydrogen) atoms. The number of esters is 1. The molecule has 0 radical (unpaired) electrons. The standard InChI is InChI=1S/C18H13ClO2/c1-21-17(20)11-10-14-12-6-2-4-8-15(12)18(19)16-9-5-3-7-13(14)16/h2-11H,1H3. The highest BCUT2D eigenvalue weighted by Crippen LogP contribution is 2.36. The molecule has 0 aromatic heterocycles. The molecule has 0 saturated carbocycles. The van der Waals surface area contributed by atoms with Crippen molar-refractivity contribution in [3.05, 3.63) is 65.2 Å². The van der Waals surface area contributed by atoms with Gasteiger partial charge in [0, 0.05) is 16.8 Å². The number of rotatable bonds is 2. The van der Waals surface area contributed by atoms with Crippen LogP contribution in [0.25, 0.3) is 27.6 Å². The maximum absolute atomic E-state index is 11.4. The molecule has 0 bridgehead atoms. The molecule has 0 aliphatic carbocycles. The van der Waals surface area contributed by atoms with Gasteiger partial charge in [0.1, 0.15) is 0 Å². The fourth-order valence-corrected chi connectivity index (χ4v) is 2.84. The summed E-state index contributed by atoms with van der Waals surface area (Å²) >= 11 is 6.52. The Hall–Kier alpha value is -2.32. The van der Waals surface area contributed by atoms with Crippen molar-refractivity contribution in [3.63, 3.8) is 0 Å². The van der Waals surface area contributed by atoms with E-state index < -0.39 is 0 Å². The van der Waals surface area contributed by atoms with E-state index >= 15 is 0 Å². The minimum Gasteiger partial charge on any atom is -0.466 e. The largest absolute Gasteiger partial charge is 0.466 e. The van der Waals surface area contributed by atoms with Crippen molar-refractivity contribution < 1.29 is 9.53 Å². The average Bonchev–Trinajstić information content (AvgIpc) is 2.54. The first-order valence-corrected chi connectivity index (χ1v) is 6.95. The molecule has 3 aromatic carbocycles. The van der Waals surface area contributed by atoms with Crippen LogP contribution in [0.1, 0.15) is 5.56 Å². The van der Waals surface area contributed by atoms with E-state index in [-0.39, 0.29) is 5.97 Å². The Balaban J connectivity index is 2.40. The van der Waals surface area contributed by atoms with Gasteiger partial charge >= 0.3 is 5.97 Å². The van der Waals surface area contributed by atoms with Crippen LogP contribution in [0.4, 0.5) is 0 Å². The van der Waals surface area contributed by atoms with Gasteiger partial charge in [-0.05, 0) is 22.4 Å². The first kappa shape index (κ1) is 13.7. The minimum absolute atomic E-state index is 0.377. The first-order valence-electron chi connectivity index (χ1n) is 6.57. The molecule has 0 spiro atoms. The lowest BCUT2D eigenvalue weighted by molar-refractivity contribution is -0.134. The van der Waals surface area contributed by atoms with Crippen LogP contribution in [0.15, 0.2) is 54.6 Å². The van der Waals surface area contributed by atoms with Crippen LogP contribution in [0, 0.1) is 0 Å². The zero-order valence-corrected chi connectivity index (χ0v) is 12.2. The molecule has 0 saturated heterocycles. The van der Waals surface area contributed by atoms with E-state index in [4.69, 9.17) is 11.6 Å². The molecule has 3 rings (SSSR count). The summed E-state index contributed by atoms with van der Waals surface area (Å²) in [5.41, 5.74) is 0.969. The molecule has 0 aliphatic heterocycles. The molecule has 0 heterocycles. The van der Waals surface area contributed by atoms with Crippen LogP contribution in [-0.2, 0) is 9.53 Å². The predicted molar refractivity (Wildman–Crippen MR) is 87.5 cm³/mol. The molecule has 0 N–H and O–H groups in total. The maximum Gasteiger partial charge on any atom is 0.330 e. The molecule has 3 aromatic rings. The van der Waals surface area contributed by atoms with Crippen molar-refractivity contribution >= 4 is 45.2 Å². The van der Waals surface area contributed by atoms with Crippen molar-refractivity contribution in [2.24, 2.45) is 0 Å². The quantitative estimate of drug-likeness (QED) is 0.384. The number of hydrogen-bond acceptors (Lipinski definition) is 2. The van der Waals surface area contributed by atoms with Crippen LogP contribution < -0.4 is 0 Å². The summed E-state index contributed by atoms with van der Waals surface area (Å²) in [5.74, 6) is -0.377. The minimum atomic E-state index is -0.377. The van der Waals surface area contributed by atoms with Gasteiger partial charge in [-0.1, -0.05) is 60.1 Å². The van der Waals surface area contributed by atoms with Crippen molar-refractivity contribution in [3.8, 4) is 0 Å². The Kier molecular flexibility index (Phi) is 3.63. The van der Waals surface area contributed by atoms with Crippen molar-refractivity contribution in [1.29, 1.82) is 0 Å². The summed E-state index contributed by atoms with van der Waals surface area (Å²) < 4.78 is 4.67. The third-order valence-electron chi connectivity index (χ3n) is 3.49. The van der Waals surface area contributed by atoms with Crippen LogP contribution >= 0.6 is 11.6 Å². The molecular formula is C18H13ClO2. The van der Waals surface area contributed by atoms with Gasteiger partial charge in [0.05, 0.1) is 12.1 Å². The van der Waals surface area contributed by atoms with Crippen LogP contribution in [-0.4, -0.2) is 13.1 Å². The fraction of sp³-hybridized carbons (Fsp3) is 0.0556. The van der Waals surface area contributed by atoms with Gasteiger partial charge in [0.15, 0.2) is 0 Å². The van der Waals surface area contributed by atoms with Crippen molar-refractivity contribution in [2.45, 2.75) is 0 Å². The number of benzene rings is 3. The number of methoxy groups -OCH3 is 1. The summed E-state index contributed by atoms with van der Waals surface area (Å²) in [6.07, 6.45) is 3.22. The molecule has 0 atom stereocenters. The SMILES string of the molecule is COC(=O)C=Cc1c2ccccc2c(Cl)c2ccccc12. The van der Waals surface area contributed by atoms with Crippen LogP contribution in [0.5, 0.6) is 0 Å². The predicted octanol–water partition coefficient (Wildman–Crippen LogP) is 4.83. The molecule has 0 amide bonds. The Bertz CT molecular complexity index is 809. The van der Waals surface area contributed by atoms with Crippen molar-refractivity contribution in [2.75, 3.05) is 7.11 Å². The van der Waals surface area contributed by atoms with Crippen LogP contribution in [0.2, 0.25) is 5.02 Å². The summed E-state index contributed by atoms with van der Waals surface area (Å²) in [6.45, 7) is 0. The molecular weight excluding hydrogens is 284 g/mol. The maximum atomic E-state index is 11.4. The number of ether oxygens (including phenoxy) is 1. The first-order chi connectivity index (χ1) is 10.2. The van der Waals surface area contributed by atoms with E-state index in [1.807, 2.05) is 48.5 Å². The molecule has 3 heteroatoms. The highest BCUT2D eigenvalue weighted by atomic mass is 35.5. The highest BCUT2D eigenvalue weighted by Gasteiger charge is 2.10. The summed E-state index contributed by atoms with van der Waals surface area (Å²) in [7, 11) is 1.37. The summed E-state index contributed by atoms with van der Waals surface area (Å²) in [5, 5.41) is 4.71. The van der Waals surface area contributed by atoms with E-state index in [2.05, 4.69) is 4.74 Å². The third kappa shape index (κ3) is 2.39. The Labute approximate surface area is 127 Å². The lowest BCUT2D eigenvalue weighted by Crippen LogP contribution is -1.94. The zero-order valence-electron chi connectivity index (χ0n) is 11.5. The van der Waals surface area contributed by atoms with E-state index in [0.29, 0.717) is 0 Å². The fourth-order valence-electron chi connectivity index (χ4n) is 2.51. The average molecular weight is 297 g/mol. The molecule has 0 aliphatic rings. The van der Waals surface area contributed by atoms with Gasteiger partial charge in [-0.15, -0.1) is 0 Å². The number of fused-ring (bicyclic) bond motifs is 2. The Morgan fingerprint density at radius 1 is 0.952 bits per heavy atom. The normalized spacial score (nSPS) is 11.3. The van der Waals surface area contributed by atoms with Gasteiger partial charge in [-0.25, -0.2) is 4.79 Å². The Morgan fingerprint density at radius 3 is 1.90 bits per heavy atom. The molecule has 104 valence electrons. The summed E-state index contributed by atoms with van der Waals surface area (Å²) in [6, 6.07) is 15.8. The van der Waals surface area contributed by atoms with Crippen LogP contribution in [0.3, 0.4) is 0 Å². The van der Waals surface area contributed by atoms with Gasteiger partial charge in [0.2, 0.25) is 0 Å². The van der Waals surface area contributed by atoms with Crippen molar-refractivity contribution in [1.82, 2.24) is 0 Å². The van der Waals surface area contributed by atoms with E-state index in [1.165, 1.54) is 13.2 Å². The van der Waals surface area contributed by atoms with Gasteiger partial charge in [-0.2, -0.15) is 0 Å². The van der Waals surface area contributed by atoms with E-state index in [9.17, 15) is 4.79 Å². The molecule has 2 nitrogen and oxygen atoms in total. The second-order valence-electron chi connectivity index (χ2n) is 4.68. The molecule has 0 fully saturated rings. The zero-order chi connectivity index (χ0) is 14.8. The monoisotopic (exact) mass is 296 g/mol. The lowest BCUT2D eigenvalue weighted by Gasteiger charge is -2.10. The van der Waals surface area contributed by atoms with Gasteiger partial charge in [0.25, 0.3) is 0 Å². The number of halogens is 1. The topological polar surface area (TPSA) is 26.3 Å². The highest BCUT2D eigenvalue weighted by molar-refractivity contribution is 6.41. The number of carbonyl (C=O) groups is 1. The number of carbonyl (C=O) groups excluding carboxylic acids is 1. The molecule has 0 unspecified atom stereocenters. The van der Waals surface area contributed by atoms with E-state index in [1.54, 1.807) is 6.08 Å². The smallest absolute Gasteiger partial charge is 0.330 e. The second-order valence-corrected chi connectivity index (χ2v) is 5.05.